The maximum atomic E-state index is 12.4. The highest BCUT2D eigenvalue weighted by molar-refractivity contribution is 6.39. The highest BCUT2D eigenvalue weighted by Gasteiger charge is 2.16. The van der Waals surface area contributed by atoms with E-state index in [0.717, 1.165) is 0 Å². The van der Waals surface area contributed by atoms with E-state index in [4.69, 9.17) is 21.1 Å². The van der Waals surface area contributed by atoms with Crippen molar-refractivity contribution in [1.82, 2.24) is 5.43 Å². The molecule has 0 spiro atoms. The molecule has 3 rings (SSSR count). The molecule has 11 heteroatoms. The maximum absolute atomic E-state index is 12.4. The summed E-state index contributed by atoms with van der Waals surface area (Å²) in [4.78, 5) is 47.8. The number of rotatable bonds is 7. The first-order valence-corrected chi connectivity index (χ1v) is 11.2. The van der Waals surface area contributed by atoms with Crippen LogP contribution in [0.1, 0.15) is 29.8 Å². The number of halogens is 1. The minimum atomic E-state index is -0.981. The van der Waals surface area contributed by atoms with Crippen molar-refractivity contribution in [1.29, 1.82) is 0 Å². The van der Waals surface area contributed by atoms with Crippen LogP contribution in [0.3, 0.4) is 0 Å². The molecule has 0 bridgehead atoms. The van der Waals surface area contributed by atoms with Crippen molar-refractivity contribution >= 4 is 52.4 Å². The Morgan fingerprint density at radius 2 is 1.35 bits per heavy atom. The minimum Gasteiger partial charge on any atom is -0.493 e. The lowest BCUT2D eigenvalue weighted by molar-refractivity contribution is -0.136. The lowest BCUT2D eigenvalue weighted by atomic mass is 10.1. The zero-order valence-electron chi connectivity index (χ0n) is 20.1. The molecule has 0 fully saturated rings. The number of benzene rings is 3. The van der Waals surface area contributed by atoms with Gasteiger partial charge in [-0.1, -0.05) is 11.6 Å². The number of carbonyl (C=O) groups excluding carboxylic acids is 4. The van der Waals surface area contributed by atoms with Crippen LogP contribution < -0.4 is 25.5 Å². The molecule has 3 amide bonds. The summed E-state index contributed by atoms with van der Waals surface area (Å²) in [5.74, 6) is -2.27. The number of carbonyl (C=O) groups is 4. The van der Waals surface area contributed by atoms with Gasteiger partial charge in [-0.05, 0) is 73.7 Å². The quantitative estimate of drug-likeness (QED) is 0.141. The molecule has 0 heterocycles. The summed E-state index contributed by atoms with van der Waals surface area (Å²) in [6, 6.07) is 17.2. The molecule has 0 unspecified atom stereocenters. The molecule has 190 valence electrons. The third-order valence-corrected chi connectivity index (χ3v) is 5.11. The molecule has 0 saturated heterocycles. The van der Waals surface area contributed by atoms with E-state index in [1.54, 1.807) is 67.6 Å². The van der Waals surface area contributed by atoms with Crippen LogP contribution in [0.25, 0.3) is 0 Å². The van der Waals surface area contributed by atoms with E-state index in [9.17, 15) is 19.2 Å². The van der Waals surface area contributed by atoms with Crippen LogP contribution in [0.4, 0.5) is 11.4 Å². The molecule has 0 saturated carbocycles. The van der Waals surface area contributed by atoms with Gasteiger partial charge in [0.1, 0.15) is 0 Å². The van der Waals surface area contributed by atoms with Gasteiger partial charge < -0.3 is 20.1 Å². The molecule has 0 atom stereocenters. The van der Waals surface area contributed by atoms with E-state index in [0.29, 0.717) is 33.2 Å². The highest BCUT2D eigenvalue weighted by Crippen LogP contribution is 2.29. The number of anilines is 2. The first-order chi connectivity index (χ1) is 17.7. The molecule has 3 aromatic carbocycles. The van der Waals surface area contributed by atoms with Crippen molar-refractivity contribution in [3.05, 3.63) is 82.9 Å². The van der Waals surface area contributed by atoms with Crippen LogP contribution >= 0.6 is 11.6 Å². The largest absolute Gasteiger partial charge is 0.493 e. The number of methoxy groups -OCH3 is 1. The second-order valence-electron chi connectivity index (χ2n) is 7.61. The minimum absolute atomic E-state index is 0.187. The first kappa shape index (κ1) is 26.9. The van der Waals surface area contributed by atoms with Crippen molar-refractivity contribution in [2.24, 2.45) is 5.10 Å². The molecule has 3 aromatic rings. The Bertz CT molecular complexity index is 1350. The van der Waals surface area contributed by atoms with Crippen LogP contribution in [0.15, 0.2) is 71.8 Å². The van der Waals surface area contributed by atoms with E-state index in [1.165, 1.54) is 20.1 Å². The standard InChI is InChI=1S/C26H23ClN4O6/c1-15(30-31-25(34)24(33)29-21-11-9-20(10-12-21)28-16(2)32)18-6-13-22(23(14-18)36-3)37-26(35)17-4-7-19(27)8-5-17/h4-14H,1-3H3,(H,28,32)(H,29,33)(H,31,34). The Hall–Kier alpha value is -4.70. The number of nitrogens with one attached hydrogen (secondary N) is 3. The van der Waals surface area contributed by atoms with Crippen molar-refractivity contribution in [2.75, 3.05) is 17.7 Å². The lowest BCUT2D eigenvalue weighted by Crippen LogP contribution is -2.32. The summed E-state index contributed by atoms with van der Waals surface area (Å²) in [5, 5.41) is 9.49. The number of amides is 3. The summed E-state index contributed by atoms with van der Waals surface area (Å²) >= 11 is 5.85. The SMILES string of the molecule is COc1cc(C(C)=NNC(=O)C(=O)Nc2ccc(NC(C)=O)cc2)ccc1OC(=O)c1ccc(Cl)cc1. The molecule has 3 N–H and O–H groups in total. The van der Waals surface area contributed by atoms with E-state index >= 15 is 0 Å². The van der Waals surface area contributed by atoms with Gasteiger partial charge in [-0.25, -0.2) is 10.2 Å². The van der Waals surface area contributed by atoms with E-state index < -0.39 is 17.8 Å². The molecule has 37 heavy (non-hydrogen) atoms. The van der Waals surface area contributed by atoms with Gasteiger partial charge in [-0.2, -0.15) is 5.10 Å². The van der Waals surface area contributed by atoms with E-state index in [2.05, 4.69) is 21.2 Å². The van der Waals surface area contributed by atoms with Gasteiger partial charge in [0.25, 0.3) is 0 Å². The molecular weight excluding hydrogens is 500 g/mol. The topological polar surface area (TPSA) is 135 Å². The van der Waals surface area contributed by atoms with Crippen molar-refractivity contribution in [3.8, 4) is 11.5 Å². The number of nitrogens with zero attached hydrogens (tertiary/aromatic N) is 1. The van der Waals surface area contributed by atoms with Crippen LogP contribution in [0.5, 0.6) is 11.5 Å². The summed E-state index contributed by atoms with van der Waals surface area (Å²) in [5.41, 5.74) is 4.35. The van der Waals surface area contributed by atoms with Crippen LogP contribution in [-0.2, 0) is 14.4 Å². The smallest absolute Gasteiger partial charge is 0.343 e. The molecule has 0 aliphatic carbocycles. The van der Waals surface area contributed by atoms with Crippen LogP contribution in [0, 0.1) is 0 Å². The van der Waals surface area contributed by atoms with Crippen LogP contribution in [-0.4, -0.2) is 36.5 Å². The van der Waals surface area contributed by atoms with Gasteiger partial charge >= 0.3 is 17.8 Å². The maximum Gasteiger partial charge on any atom is 0.343 e. The Balaban J connectivity index is 1.62. The Morgan fingerprint density at radius 1 is 0.757 bits per heavy atom. The van der Waals surface area contributed by atoms with Crippen molar-refractivity contribution in [3.63, 3.8) is 0 Å². The van der Waals surface area contributed by atoms with Gasteiger partial charge in [0.2, 0.25) is 5.91 Å². The lowest BCUT2D eigenvalue weighted by Gasteiger charge is -2.11. The van der Waals surface area contributed by atoms with Crippen molar-refractivity contribution in [2.45, 2.75) is 13.8 Å². The third kappa shape index (κ3) is 7.64. The average Bonchev–Trinajstić information content (AvgIpc) is 2.88. The fraction of sp³-hybridized carbons (Fsp3) is 0.115. The summed E-state index contributed by atoms with van der Waals surface area (Å²) in [6.45, 7) is 3.00. The normalized spacial score (nSPS) is 10.8. The van der Waals surface area contributed by atoms with Crippen molar-refractivity contribution < 1.29 is 28.7 Å². The van der Waals surface area contributed by atoms with E-state index in [-0.39, 0.29) is 17.4 Å². The summed E-state index contributed by atoms with van der Waals surface area (Å²) in [6.07, 6.45) is 0. The molecule has 0 aromatic heterocycles. The van der Waals surface area contributed by atoms with Gasteiger partial charge in [0.05, 0.1) is 18.4 Å². The molecule has 0 aliphatic heterocycles. The second kappa shape index (κ2) is 12.3. The van der Waals surface area contributed by atoms with E-state index in [1.807, 2.05) is 0 Å². The molecule has 10 nitrogen and oxygen atoms in total. The number of ether oxygens (including phenoxy) is 2. The predicted molar refractivity (Wildman–Crippen MR) is 139 cm³/mol. The number of esters is 1. The molecule has 0 radical (unpaired) electrons. The fourth-order valence-electron chi connectivity index (χ4n) is 3.00. The summed E-state index contributed by atoms with van der Waals surface area (Å²) in [7, 11) is 1.42. The Kier molecular flexibility index (Phi) is 8.95. The Morgan fingerprint density at radius 3 is 1.95 bits per heavy atom. The molecular formula is C26H23ClN4O6. The number of hydrogen-bond acceptors (Lipinski definition) is 7. The zero-order chi connectivity index (χ0) is 26.9. The van der Waals surface area contributed by atoms with Gasteiger partial charge in [0.15, 0.2) is 11.5 Å². The highest BCUT2D eigenvalue weighted by atomic mass is 35.5. The van der Waals surface area contributed by atoms with Gasteiger partial charge in [-0.15, -0.1) is 0 Å². The first-order valence-electron chi connectivity index (χ1n) is 10.9. The zero-order valence-corrected chi connectivity index (χ0v) is 20.9. The number of hydrogen-bond donors (Lipinski definition) is 3. The van der Waals surface area contributed by atoms with Crippen LogP contribution in [0.2, 0.25) is 5.02 Å². The average molecular weight is 523 g/mol. The van der Waals surface area contributed by atoms with Gasteiger partial charge in [-0.3, -0.25) is 14.4 Å². The fourth-order valence-corrected chi connectivity index (χ4v) is 3.13. The number of hydrazone groups is 1. The monoisotopic (exact) mass is 522 g/mol. The molecule has 0 aliphatic rings. The Labute approximate surface area is 217 Å². The summed E-state index contributed by atoms with van der Waals surface area (Å²) < 4.78 is 10.7. The van der Waals surface area contributed by atoms with Gasteiger partial charge in [0, 0.05) is 28.9 Å². The third-order valence-electron chi connectivity index (χ3n) is 4.86. The predicted octanol–water partition coefficient (Wildman–Crippen LogP) is 4.01. The second-order valence-corrected chi connectivity index (χ2v) is 8.05.